The molecule has 0 bridgehead atoms. The molecule has 19 heavy (non-hydrogen) atoms. The van der Waals surface area contributed by atoms with Gasteiger partial charge in [-0.3, -0.25) is 0 Å². The summed E-state index contributed by atoms with van der Waals surface area (Å²) in [5.41, 5.74) is 0.710. The zero-order chi connectivity index (χ0) is 13.8. The lowest BCUT2D eigenvalue weighted by Gasteiger charge is -2.31. The molecule has 2 rings (SSSR count). The summed E-state index contributed by atoms with van der Waals surface area (Å²) in [5, 5.41) is 3.63. The fourth-order valence-electron chi connectivity index (χ4n) is 3.00. The topological polar surface area (TPSA) is 12.0 Å². The van der Waals surface area contributed by atoms with Crippen LogP contribution in [0.1, 0.15) is 50.6 Å². The van der Waals surface area contributed by atoms with Crippen LogP contribution in [0.2, 0.25) is 5.02 Å². The first kappa shape index (κ1) is 15.3. The minimum Gasteiger partial charge on any atom is -0.310 e. The largest absolute Gasteiger partial charge is 0.310 e. The van der Waals surface area contributed by atoms with Crippen molar-refractivity contribution in [3.05, 3.63) is 33.0 Å². The SMILES string of the molecule is CCNC(c1ccc(Br)c(Cl)c1F)C1CCCCC1. The van der Waals surface area contributed by atoms with Gasteiger partial charge >= 0.3 is 0 Å². The standard InChI is InChI=1S/C15H20BrClFN/c1-2-19-15(10-6-4-3-5-7-10)11-8-9-12(16)13(17)14(11)18/h8-10,15,19H,2-7H2,1H3. The lowest BCUT2D eigenvalue weighted by molar-refractivity contribution is 0.269. The molecular weight excluding hydrogens is 329 g/mol. The summed E-state index contributed by atoms with van der Waals surface area (Å²) in [6.07, 6.45) is 6.14. The van der Waals surface area contributed by atoms with E-state index < -0.39 is 0 Å². The van der Waals surface area contributed by atoms with Gasteiger partial charge in [-0.05, 0) is 47.3 Å². The first-order chi connectivity index (χ1) is 9.15. The Labute approximate surface area is 128 Å². The van der Waals surface area contributed by atoms with Crippen molar-refractivity contribution in [2.24, 2.45) is 5.92 Å². The second-order valence-electron chi connectivity index (χ2n) is 5.20. The van der Waals surface area contributed by atoms with E-state index in [0.717, 1.165) is 6.54 Å². The maximum atomic E-state index is 14.4. The predicted molar refractivity (Wildman–Crippen MR) is 82.1 cm³/mol. The summed E-state index contributed by atoms with van der Waals surface area (Å²) in [5.74, 6) is 0.230. The first-order valence-electron chi connectivity index (χ1n) is 7.02. The normalized spacial score (nSPS) is 18.5. The number of nitrogens with one attached hydrogen (secondary N) is 1. The third kappa shape index (κ3) is 3.50. The van der Waals surface area contributed by atoms with Crippen LogP contribution in [-0.4, -0.2) is 6.54 Å². The zero-order valence-electron chi connectivity index (χ0n) is 11.2. The highest BCUT2D eigenvalue weighted by Gasteiger charge is 2.27. The van der Waals surface area contributed by atoms with Crippen molar-refractivity contribution in [2.75, 3.05) is 6.54 Å². The highest BCUT2D eigenvalue weighted by Crippen LogP contribution is 2.38. The average molecular weight is 349 g/mol. The first-order valence-corrected chi connectivity index (χ1v) is 8.19. The van der Waals surface area contributed by atoms with Crippen LogP contribution < -0.4 is 5.32 Å². The summed E-state index contributed by atoms with van der Waals surface area (Å²) in [6, 6.07) is 3.78. The molecule has 1 aromatic carbocycles. The Morgan fingerprint density at radius 3 is 2.68 bits per heavy atom. The Morgan fingerprint density at radius 2 is 2.05 bits per heavy atom. The lowest BCUT2D eigenvalue weighted by atomic mass is 9.81. The van der Waals surface area contributed by atoms with Crippen LogP contribution in [0.25, 0.3) is 0 Å². The molecule has 1 unspecified atom stereocenters. The van der Waals surface area contributed by atoms with Crippen molar-refractivity contribution in [2.45, 2.75) is 45.1 Å². The second kappa shape index (κ2) is 7.05. The summed E-state index contributed by atoms with van der Waals surface area (Å²) >= 11 is 9.29. The Kier molecular flexibility index (Phi) is 5.67. The molecule has 1 atom stereocenters. The van der Waals surface area contributed by atoms with E-state index in [4.69, 9.17) is 11.6 Å². The van der Waals surface area contributed by atoms with E-state index in [1.54, 1.807) is 0 Å². The van der Waals surface area contributed by atoms with E-state index in [2.05, 4.69) is 28.2 Å². The number of hydrogen-bond donors (Lipinski definition) is 1. The molecule has 1 aromatic rings. The Hall–Kier alpha value is -0.120. The van der Waals surface area contributed by atoms with Gasteiger partial charge < -0.3 is 5.32 Å². The van der Waals surface area contributed by atoms with Crippen LogP contribution >= 0.6 is 27.5 Å². The minimum atomic E-state index is -0.285. The molecule has 0 aromatic heterocycles. The molecule has 1 aliphatic rings. The fourth-order valence-corrected chi connectivity index (χ4v) is 3.48. The highest BCUT2D eigenvalue weighted by molar-refractivity contribution is 9.10. The molecule has 0 amide bonds. The van der Waals surface area contributed by atoms with Crippen molar-refractivity contribution in [1.29, 1.82) is 0 Å². The Balaban J connectivity index is 2.30. The third-order valence-electron chi connectivity index (χ3n) is 3.95. The van der Waals surface area contributed by atoms with E-state index in [-0.39, 0.29) is 16.9 Å². The Morgan fingerprint density at radius 1 is 1.37 bits per heavy atom. The monoisotopic (exact) mass is 347 g/mol. The van der Waals surface area contributed by atoms with Crippen molar-refractivity contribution in [3.8, 4) is 0 Å². The molecule has 4 heteroatoms. The van der Waals surface area contributed by atoms with Crippen molar-refractivity contribution in [3.63, 3.8) is 0 Å². The number of halogens is 3. The van der Waals surface area contributed by atoms with Gasteiger partial charge in [0.2, 0.25) is 0 Å². The van der Waals surface area contributed by atoms with E-state index in [9.17, 15) is 4.39 Å². The zero-order valence-corrected chi connectivity index (χ0v) is 13.5. The van der Waals surface area contributed by atoms with Crippen molar-refractivity contribution < 1.29 is 4.39 Å². The van der Waals surface area contributed by atoms with Crippen molar-refractivity contribution >= 4 is 27.5 Å². The maximum Gasteiger partial charge on any atom is 0.147 e. The number of rotatable bonds is 4. The highest BCUT2D eigenvalue weighted by atomic mass is 79.9. The number of hydrogen-bond acceptors (Lipinski definition) is 1. The molecular formula is C15H20BrClFN. The van der Waals surface area contributed by atoms with E-state index in [1.165, 1.54) is 32.1 Å². The maximum absolute atomic E-state index is 14.4. The van der Waals surface area contributed by atoms with E-state index in [1.807, 2.05) is 12.1 Å². The fraction of sp³-hybridized carbons (Fsp3) is 0.600. The quantitative estimate of drug-likeness (QED) is 0.711. The summed E-state index contributed by atoms with van der Waals surface area (Å²) in [6.45, 7) is 2.91. The van der Waals surface area contributed by atoms with Gasteiger partial charge in [0, 0.05) is 16.1 Å². The van der Waals surface area contributed by atoms with Gasteiger partial charge in [-0.15, -0.1) is 0 Å². The molecule has 0 spiro atoms. The Bertz CT molecular complexity index is 432. The lowest BCUT2D eigenvalue weighted by Crippen LogP contribution is -2.30. The van der Waals surface area contributed by atoms with Gasteiger partial charge in [-0.25, -0.2) is 4.39 Å². The third-order valence-corrected chi connectivity index (χ3v) is 5.20. The van der Waals surface area contributed by atoms with Crippen LogP contribution in [0, 0.1) is 11.7 Å². The molecule has 0 aliphatic heterocycles. The van der Waals surface area contributed by atoms with Crippen LogP contribution in [0.4, 0.5) is 4.39 Å². The van der Waals surface area contributed by atoms with Gasteiger partial charge in [0.15, 0.2) is 0 Å². The average Bonchev–Trinajstić information content (AvgIpc) is 2.44. The van der Waals surface area contributed by atoms with Crippen LogP contribution in [-0.2, 0) is 0 Å². The van der Waals surface area contributed by atoms with E-state index in [0.29, 0.717) is 16.0 Å². The van der Waals surface area contributed by atoms with Crippen molar-refractivity contribution in [1.82, 2.24) is 5.32 Å². The molecule has 0 saturated heterocycles. The summed E-state index contributed by atoms with van der Waals surface area (Å²) in [7, 11) is 0. The van der Waals surface area contributed by atoms with Gasteiger partial charge in [0.25, 0.3) is 0 Å². The molecule has 0 heterocycles. The van der Waals surface area contributed by atoms with Crippen LogP contribution in [0.5, 0.6) is 0 Å². The summed E-state index contributed by atoms with van der Waals surface area (Å²) < 4.78 is 15.0. The van der Waals surface area contributed by atoms with Crippen LogP contribution in [0.15, 0.2) is 16.6 Å². The number of benzene rings is 1. The molecule has 1 aliphatic carbocycles. The molecule has 1 fully saturated rings. The second-order valence-corrected chi connectivity index (χ2v) is 6.43. The predicted octanol–water partition coefficient (Wildman–Crippen LogP) is 5.47. The summed E-state index contributed by atoms with van der Waals surface area (Å²) in [4.78, 5) is 0. The molecule has 1 saturated carbocycles. The molecule has 0 radical (unpaired) electrons. The van der Waals surface area contributed by atoms with Gasteiger partial charge in [-0.1, -0.05) is 43.9 Å². The van der Waals surface area contributed by atoms with E-state index >= 15 is 0 Å². The smallest absolute Gasteiger partial charge is 0.147 e. The van der Waals surface area contributed by atoms with Gasteiger partial charge in [-0.2, -0.15) is 0 Å². The minimum absolute atomic E-state index is 0.0795. The van der Waals surface area contributed by atoms with Gasteiger partial charge in [0.1, 0.15) is 5.82 Å². The van der Waals surface area contributed by atoms with Crippen LogP contribution in [0.3, 0.4) is 0 Å². The molecule has 1 N–H and O–H groups in total. The molecule has 1 nitrogen and oxygen atoms in total. The van der Waals surface area contributed by atoms with Gasteiger partial charge in [0.05, 0.1) is 5.02 Å². The molecule has 106 valence electrons.